The van der Waals surface area contributed by atoms with E-state index in [-0.39, 0.29) is 16.9 Å². The molecule has 4 aromatic heterocycles. The van der Waals surface area contributed by atoms with Crippen molar-refractivity contribution in [2.75, 3.05) is 5.73 Å². The minimum Gasteiger partial charge on any atom is -0.383 e. The molecule has 41 heavy (non-hydrogen) atoms. The van der Waals surface area contributed by atoms with Crippen LogP contribution in [0.3, 0.4) is 0 Å². The van der Waals surface area contributed by atoms with E-state index in [4.69, 9.17) is 10.7 Å². The molecule has 0 radical (unpaired) electrons. The number of carbonyl (C=O) groups is 1. The second kappa shape index (κ2) is 10.7. The number of para-hydroxylation sites is 1. The van der Waals surface area contributed by atoms with Crippen molar-refractivity contribution >= 4 is 33.5 Å². The molecule has 9 nitrogen and oxygen atoms in total. The van der Waals surface area contributed by atoms with E-state index in [0.29, 0.717) is 38.9 Å². The van der Waals surface area contributed by atoms with Crippen molar-refractivity contribution in [2.24, 2.45) is 0 Å². The van der Waals surface area contributed by atoms with Crippen molar-refractivity contribution in [3.05, 3.63) is 130 Å². The zero-order valence-corrected chi connectivity index (χ0v) is 21.9. The second-order valence-corrected chi connectivity index (χ2v) is 9.29. The minimum absolute atomic E-state index is 0.0604. The van der Waals surface area contributed by atoms with Crippen LogP contribution in [-0.2, 0) is 0 Å². The molecule has 0 saturated carbocycles. The van der Waals surface area contributed by atoms with Crippen molar-refractivity contribution in [2.45, 2.75) is 13.0 Å². The van der Waals surface area contributed by atoms with Crippen LogP contribution in [0, 0.1) is 11.8 Å². The molecule has 2 aromatic carbocycles. The number of nitrogens with one attached hydrogen (secondary N) is 1. The van der Waals surface area contributed by atoms with E-state index in [1.165, 1.54) is 4.57 Å². The third kappa shape index (κ3) is 4.86. The topological polar surface area (TPSA) is 129 Å². The van der Waals surface area contributed by atoms with E-state index >= 15 is 0 Å². The fraction of sp³-hybridized carbons (Fsp3) is 0.0625. The van der Waals surface area contributed by atoms with E-state index in [0.717, 1.165) is 5.56 Å². The molecule has 6 aromatic rings. The SMILES string of the molecule is CC(NC(=O)c1c(N)ncc2cccnc12)c1nc2cccc(C#Cc3ccncc3)c2c(=O)n1-c1ccccc1. The standard InChI is InChI=1S/C32H23N7O2/c1-20(37-31(40)27-28-23(8-6-16-35-28)19-36-29(27)33)30-38-25-11-5-7-22(13-12-21-14-17-34-18-15-21)26(25)32(41)39(30)24-9-3-2-4-10-24/h2-11,14-20H,1H3,(H2,33,36)(H,37,40). The van der Waals surface area contributed by atoms with E-state index in [1.807, 2.05) is 36.4 Å². The highest BCUT2D eigenvalue weighted by Gasteiger charge is 2.23. The molecule has 1 amide bonds. The average Bonchev–Trinajstić information content (AvgIpc) is 3.00. The summed E-state index contributed by atoms with van der Waals surface area (Å²) in [5, 5.41) is 4.02. The lowest BCUT2D eigenvalue weighted by atomic mass is 10.1. The van der Waals surface area contributed by atoms with Crippen LogP contribution in [0.2, 0.25) is 0 Å². The van der Waals surface area contributed by atoms with Crippen LogP contribution in [0.1, 0.15) is 40.3 Å². The Morgan fingerprint density at radius 3 is 2.54 bits per heavy atom. The highest BCUT2D eigenvalue weighted by atomic mass is 16.2. The first-order chi connectivity index (χ1) is 20.0. The van der Waals surface area contributed by atoms with Gasteiger partial charge in [-0.25, -0.2) is 9.97 Å². The molecule has 198 valence electrons. The highest BCUT2D eigenvalue weighted by Crippen LogP contribution is 2.23. The number of aromatic nitrogens is 5. The number of nitrogens with two attached hydrogens (primary N) is 1. The van der Waals surface area contributed by atoms with Crippen molar-refractivity contribution in [1.82, 2.24) is 29.8 Å². The molecule has 0 aliphatic heterocycles. The predicted octanol–water partition coefficient (Wildman–Crippen LogP) is 4.20. The van der Waals surface area contributed by atoms with Crippen LogP contribution in [0.25, 0.3) is 27.5 Å². The Balaban J connectivity index is 1.48. The summed E-state index contributed by atoms with van der Waals surface area (Å²) in [5.41, 5.74) is 8.80. The Kier molecular flexibility index (Phi) is 6.63. The number of fused-ring (bicyclic) bond motifs is 2. The van der Waals surface area contributed by atoms with Crippen LogP contribution in [0.15, 0.2) is 102 Å². The Morgan fingerprint density at radius 2 is 1.73 bits per heavy atom. The fourth-order valence-electron chi connectivity index (χ4n) is 4.66. The Morgan fingerprint density at radius 1 is 0.927 bits per heavy atom. The Labute approximate surface area is 234 Å². The van der Waals surface area contributed by atoms with Gasteiger partial charge in [0.2, 0.25) is 0 Å². The Hall–Kier alpha value is -5.88. The molecular weight excluding hydrogens is 514 g/mol. The third-order valence-corrected chi connectivity index (χ3v) is 6.60. The summed E-state index contributed by atoms with van der Waals surface area (Å²) in [7, 11) is 0. The van der Waals surface area contributed by atoms with E-state index in [9.17, 15) is 9.59 Å². The van der Waals surface area contributed by atoms with Gasteiger partial charge < -0.3 is 11.1 Å². The summed E-state index contributed by atoms with van der Waals surface area (Å²) in [4.78, 5) is 45.1. The number of pyridine rings is 3. The van der Waals surface area contributed by atoms with Gasteiger partial charge in [-0.3, -0.25) is 24.1 Å². The number of carbonyl (C=O) groups excluding carboxylic acids is 1. The van der Waals surface area contributed by atoms with Crippen LogP contribution in [0.4, 0.5) is 5.82 Å². The molecule has 1 atom stereocenters. The fourth-order valence-corrected chi connectivity index (χ4v) is 4.66. The third-order valence-electron chi connectivity index (χ3n) is 6.60. The number of hydrogen-bond donors (Lipinski definition) is 2. The van der Waals surface area contributed by atoms with Crippen molar-refractivity contribution < 1.29 is 4.79 Å². The van der Waals surface area contributed by atoms with Crippen molar-refractivity contribution in [3.8, 4) is 17.5 Å². The molecule has 6 rings (SSSR count). The second-order valence-electron chi connectivity index (χ2n) is 9.29. The molecule has 0 aliphatic carbocycles. The smallest absolute Gasteiger partial charge is 0.267 e. The van der Waals surface area contributed by atoms with Gasteiger partial charge in [0, 0.05) is 41.3 Å². The van der Waals surface area contributed by atoms with E-state index in [2.05, 4.69) is 32.1 Å². The van der Waals surface area contributed by atoms with Gasteiger partial charge in [0.05, 0.1) is 28.1 Å². The monoisotopic (exact) mass is 537 g/mol. The highest BCUT2D eigenvalue weighted by molar-refractivity contribution is 6.09. The zero-order chi connectivity index (χ0) is 28.3. The zero-order valence-electron chi connectivity index (χ0n) is 21.9. The van der Waals surface area contributed by atoms with Gasteiger partial charge >= 0.3 is 0 Å². The first-order valence-corrected chi connectivity index (χ1v) is 12.8. The maximum atomic E-state index is 14.2. The maximum absolute atomic E-state index is 14.2. The van der Waals surface area contributed by atoms with Crippen LogP contribution in [0.5, 0.6) is 0 Å². The molecule has 0 bridgehead atoms. The summed E-state index contributed by atoms with van der Waals surface area (Å²) < 4.78 is 1.51. The number of nitrogen functional groups attached to an aromatic ring is 1. The molecule has 0 aliphatic rings. The minimum atomic E-state index is -0.690. The van der Waals surface area contributed by atoms with Gasteiger partial charge in [-0.15, -0.1) is 0 Å². The quantitative estimate of drug-likeness (QED) is 0.323. The van der Waals surface area contributed by atoms with Gasteiger partial charge in [0.15, 0.2) is 0 Å². The van der Waals surface area contributed by atoms with Gasteiger partial charge in [0.1, 0.15) is 17.2 Å². The Bertz CT molecular complexity index is 2050. The first-order valence-electron chi connectivity index (χ1n) is 12.8. The maximum Gasteiger partial charge on any atom is 0.267 e. The molecule has 1 unspecified atom stereocenters. The predicted molar refractivity (Wildman–Crippen MR) is 157 cm³/mol. The number of rotatable bonds is 4. The van der Waals surface area contributed by atoms with Gasteiger partial charge in [-0.2, -0.15) is 0 Å². The lowest BCUT2D eigenvalue weighted by Gasteiger charge is -2.20. The van der Waals surface area contributed by atoms with Gasteiger partial charge in [0.25, 0.3) is 11.5 Å². The summed E-state index contributed by atoms with van der Waals surface area (Å²) in [6, 6.07) is 21.0. The molecule has 0 saturated heterocycles. The molecule has 3 N–H and O–H groups in total. The molecular formula is C32H23N7O2. The van der Waals surface area contributed by atoms with Crippen LogP contribution < -0.4 is 16.6 Å². The summed E-state index contributed by atoms with van der Waals surface area (Å²) in [5.74, 6) is 6.15. The normalized spacial score (nSPS) is 11.5. The summed E-state index contributed by atoms with van der Waals surface area (Å²) in [6.07, 6.45) is 6.49. The molecule has 4 heterocycles. The van der Waals surface area contributed by atoms with Gasteiger partial charge in [-0.05, 0) is 55.5 Å². The van der Waals surface area contributed by atoms with Crippen molar-refractivity contribution in [1.29, 1.82) is 0 Å². The lowest BCUT2D eigenvalue weighted by molar-refractivity contribution is 0.0940. The molecule has 0 fully saturated rings. The summed E-state index contributed by atoms with van der Waals surface area (Å²) >= 11 is 0. The van der Waals surface area contributed by atoms with Crippen LogP contribution >= 0.6 is 0 Å². The number of hydrogen-bond acceptors (Lipinski definition) is 7. The van der Waals surface area contributed by atoms with Crippen LogP contribution in [-0.4, -0.2) is 30.4 Å². The molecule has 9 heteroatoms. The lowest BCUT2D eigenvalue weighted by Crippen LogP contribution is -2.34. The largest absolute Gasteiger partial charge is 0.383 e. The number of benzene rings is 2. The average molecular weight is 538 g/mol. The first kappa shape index (κ1) is 25.4. The van der Waals surface area contributed by atoms with Crippen molar-refractivity contribution in [3.63, 3.8) is 0 Å². The van der Waals surface area contributed by atoms with E-state index in [1.54, 1.807) is 68.1 Å². The van der Waals surface area contributed by atoms with E-state index < -0.39 is 11.9 Å². The number of amides is 1. The number of nitrogens with zero attached hydrogens (tertiary/aromatic N) is 5. The summed E-state index contributed by atoms with van der Waals surface area (Å²) in [6.45, 7) is 1.76. The van der Waals surface area contributed by atoms with Gasteiger partial charge in [-0.1, -0.05) is 36.1 Å². The number of anilines is 1. The molecule has 0 spiro atoms.